The summed E-state index contributed by atoms with van der Waals surface area (Å²) in [4.78, 5) is 0. The van der Waals surface area contributed by atoms with Crippen molar-refractivity contribution in [2.45, 2.75) is 49.3 Å². The Morgan fingerprint density at radius 2 is 1.86 bits per heavy atom. The predicted octanol–water partition coefficient (Wildman–Crippen LogP) is 2.75. The van der Waals surface area contributed by atoms with Crippen LogP contribution in [0.5, 0.6) is 5.75 Å². The van der Waals surface area contributed by atoms with Crippen molar-refractivity contribution < 1.29 is 13.2 Å². The first-order chi connectivity index (χ1) is 13.5. The minimum absolute atomic E-state index is 0.133. The summed E-state index contributed by atoms with van der Waals surface area (Å²) in [7, 11) is -3.15. The zero-order chi connectivity index (χ0) is 19.6. The molecule has 1 fully saturated rings. The van der Waals surface area contributed by atoms with E-state index in [9.17, 15) is 8.42 Å². The number of rotatable bonds is 8. The monoisotopic (exact) mass is 400 g/mol. The molecule has 5 nitrogen and oxygen atoms in total. The van der Waals surface area contributed by atoms with Gasteiger partial charge in [0.1, 0.15) is 12.4 Å². The molecule has 4 rings (SSSR count). The highest BCUT2D eigenvalue weighted by Crippen LogP contribution is 2.35. The molecule has 0 amide bonds. The largest absolute Gasteiger partial charge is 0.492 e. The van der Waals surface area contributed by atoms with Gasteiger partial charge in [-0.1, -0.05) is 36.4 Å². The molecule has 3 N–H and O–H groups in total. The van der Waals surface area contributed by atoms with Crippen molar-refractivity contribution in [2.75, 3.05) is 13.2 Å². The number of hydrogen-bond donors (Lipinski definition) is 2. The normalized spacial score (nSPS) is 21.9. The van der Waals surface area contributed by atoms with Crippen LogP contribution in [-0.2, 0) is 22.9 Å². The predicted molar refractivity (Wildman–Crippen MR) is 111 cm³/mol. The Kier molecular flexibility index (Phi) is 5.71. The standard InChI is InChI=1S/C22H28N2O3S/c23-22-11-7-17-6-8-18(27-13-12-24-28(25,26)19-9-10-19)15-20(17)21(22)14-16-4-2-1-3-5-16/h1-6,8,15,19,21-22,24H,7,9-14,23H2. The first-order valence-electron chi connectivity index (χ1n) is 10.1. The van der Waals surface area contributed by atoms with Gasteiger partial charge in [-0.15, -0.1) is 0 Å². The summed E-state index contributed by atoms with van der Waals surface area (Å²) in [5.74, 6) is 1.04. The van der Waals surface area contributed by atoms with Gasteiger partial charge in [-0.3, -0.25) is 0 Å². The van der Waals surface area contributed by atoms with E-state index >= 15 is 0 Å². The highest BCUT2D eigenvalue weighted by Gasteiger charge is 2.35. The van der Waals surface area contributed by atoms with Crippen LogP contribution in [0.25, 0.3) is 0 Å². The van der Waals surface area contributed by atoms with Gasteiger partial charge in [-0.2, -0.15) is 0 Å². The van der Waals surface area contributed by atoms with Crippen LogP contribution >= 0.6 is 0 Å². The average molecular weight is 401 g/mol. The molecule has 2 aromatic rings. The first-order valence-corrected chi connectivity index (χ1v) is 11.6. The van der Waals surface area contributed by atoms with Gasteiger partial charge in [-0.25, -0.2) is 13.1 Å². The fourth-order valence-corrected chi connectivity index (χ4v) is 5.33. The van der Waals surface area contributed by atoms with Crippen LogP contribution in [0.15, 0.2) is 48.5 Å². The summed E-state index contributed by atoms with van der Waals surface area (Å²) >= 11 is 0. The van der Waals surface area contributed by atoms with Crippen LogP contribution in [0.4, 0.5) is 0 Å². The summed E-state index contributed by atoms with van der Waals surface area (Å²) in [6.07, 6.45) is 4.44. The number of hydrogen-bond acceptors (Lipinski definition) is 4. The van der Waals surface area contributed by atoms with Crippen LogP contribution in [-0.4, -0.2) is 32.9 Å². The molecule has 0 spiro atoms. The van der Waals surface area contributed by atoms with Crippen molar-refractivity contribution in [3.8, 4) is 5.75 Å². The van der Waals surface area contributed by atoms with E-state index in [1.54, 1.807) is 0 Å². The molecule has 2 atom stereocenters. The number of nitrogens with one attached hydrogen (secondary N) is 1. The molecule has 0 aliphatic heterocycles. The molecule has 2 aliphatic rings. The lowest BCUT2D eigenvalue weighted by Crippen LogP contribution is -2.34. The Morgan fingerprint density at radius 1 is 1.07 bits per heavy atom. The van der Waals surface area contributed by atoms with E-state index in [1.165, 1.54) is 16.7 Å². The molecule has 0 saturated heterocycles. The lowest BCUT2D eigenvalue weighted by molar-refractivity contribution is 0.321. The summed E-state index contributed by atoms with van der Waals surface area (Å²) in [6, 6.07) is 16.8. The molecular weight excluding hydrogens is 372 g/mol. The first kappa shape index (κ1) is 19.4. The molecule has 0 heterocycles. The van der Waals surface area contributed by atoms with E-state index in [0.717, 1.165) is 37.9 Å². The van der Waals surface area contributed by atoms with E-state index in [2.05, 4.69) is 41.1 Å². The SMILES string of the molecule is NC1CCc2ccc(OCCNS(=O)(=O)C3CC3)cc2C1Cc1ccccc1. The maximum absolute atomic E-state index is 11.9. The van der Waals surface area contributed by atoms with E-state index in [0.29, 0.717) is 13.2 Å². The van der Waals surface area contributed by atoms with E-state index in [-0.39, 0.29) is 17.2 Å². The van der Waals surface area contributed by atoms with Gasteiger partial charge in [0, 0.05) is 18.5 Å². The maximum Gasteiger partial charge on any atom is 0.214 e. The Bertz CT molecular complexity index is 911. The minimum atomic E-state index is -3.15. The third-order valence-electron chi connectivity index (χ3n) is 5.72. The van der Waals surface area contributed by atoms with Crippen molar-refractivity contribution in [2.24, 2.45) is 5.73 Å². The van der Waals surface area contributed by atoms with Crippen LogP contribution in [0.2, 0.25) is 0 Å². The van der Waals surface area contributed by atoms with Crippen molar-refractivity contribution in [3.05, 3.63) is 65.2 Å². The number of fused-ring (bicyclic) bond motifs is 1. The highest BCUT2D eigenvalue weighted by molar-refractivity contribution is 7.90. The number of nitrogens with two attached hydrogens (primary N) is 1. The lowest BCUT2D eigenvalue weighted by atomic mass is 9.76. The second kappa shape index (κ2) is 8.23. The van der Waals surface area contributed by atoms with Gasteiger partial charge >= 0.3 is 0 Å². The molecule has 150 valence electrons. The van der Waals surface area contributed by atoms with Gasteiger partial charge in [0.25, 0.3) is 0 Å². The van der Waals surface area contributed by atoms with Crippen molar-refractivity contribution in [1.29, 1.82) is 0 Å². The van der Waals surface area contributed by atoms with Gasteiger partial charge in [0.05, 0.1) is 5.25 Å². The van der Waals surface area contributed by atoms with Crippen LogP contribution in [0.3, 0.4) is 0 Å². The number of ether oxygens (including phenoxy) is 1. The summed E-state index contributed by atoms with van der Waals surface area (Å²) in [5, 5.41) is -0.198. The third kappa shape index (κ3) is 4.57. The van der Waals surface area contributed by atoms with Crippen molar-refractivity contribution >= 4 is 10.0 Å². The fourth-order valence-electron chi connectivity index (χ4n) is 3.97. The summed E-state index contributed by atoms with van der Waals surface area (Å²) < 4.78 is 32.2. The molecule has 1 saturated carbocycles. The topological polar surface area (TPSA) is 81.4 Å². The highest BCUT2D eigenvalue weighted by atomic mass is 32.2. The van der Waals surface area contributed by atoms with Crippen LogP contribution in [0, 0.1) is 0 Å². The second-order valence-electron chi connectivity index (χ2n) is 7.85. The molecule has 0 bridgehead atoms. The Morgan fingerprint density at radius 3 is 2.61 bits per heavy atom. The lowest BCUT2D eigenvalue weighted by Gasteiger charge is -2.32. The molecule has 2 aliphatic carbocycles. The Labute approximate surface area is 167 Å². The summed E-state index contributed by atoms with van der Waals surface area (Å²) in [5.41, 5.74) is 10.4. The smallest absolute Gasteiger partial charge is 0.214 e. The van der Waals surface area contributed by atoms with Crippen molar-refractivity contribution in [1.82, 2.24) is 4.72 Å². The van der Waals surface area contributed by atoms with E-state index < -0.39 is 10.0 Å². The van der Waals surface area contributed by atoms with Gasteiger partial charge in [0.15, 0.2) is 0 Å². The third-order valence-corrected chi connectivity index (χ3v) is 7.67. The quantitative estimate of drug-likeness (QED) is 0.668. The van der Waals surface area contributed by atoms with E-state index in [1.807, 2.05) is 12.1 Å². The Hall–Kier alpha value is -1.89. The molecule has 6 heteroatoms. The minimum Gasteiger partial charge on any atom is -0.492 e. The van der Waals surface area contributed by atoms with Gasteiger partial charge in [0.2, 0.25) is 10.0 Å². The second-order valence-corrected chi connectivity index (χ2v) is 9.89. The molecule has 0 aromatic heterocycles. The number of aryl methyl sites for hydroxylation is 1. The van der Waals surface area contributed by atoms with Crippen LogP contribution in [0.1, 0.15) is 41.9 Å². The van der Waals surface area contributed by atoms with E-state index in [4.69, 9.17) is 10.5 Å². The number of benzene rings is 2. The molecule has 2 unspecified atom stereocenters. The number of sulfonamides is 1. The van der Waals surface area contributed by atoms with Crippen LogP contribution < -0.4 is 15.2 Å². The summed E-state index contributed by atoms with van der Waals surface area (Å²) in [6.45, 7) is 0.614. The Balaban J connectivity index is 1.42. The average Bonchev–Trinajstić information content (AvgIpc) is 3.54. The zero-order valence-corrected chi connectivity index (χ0v) is 16.8. The van der Waals surface area contributed by atoms with Crippen molar-refractivity contribution in [3.63, 3.8) is 0 Å². The molecular formula is C22H28N2O3S. The fraction of sp³-hybridized carbons (Fsp3) is 0.455. The molecule has 2 aromatic carbocycles. The zero-order valence-electron chi connectivity index (χ0n) is 16.0. The van der Waals surface area contributed by atoms with Gasteiger partial charge in [-0.05, 0) is 60.9 Å². The molecule has 28 heavy (non-hydrogen) atoms. The van der Waals surface area contributed by atoms with Gasteiger partial charge < -0.3 is 10.5 Å². The molecule has 0 radical (unpaired) electrons. The maximum atomic E-state index is 11.9.